The first-order chi connectivity index (χ1) is 15.8. The van der Waals surface area contributed by atoms with E-state index in [4.69, 9.17) is 4.74 Å². The summed E-state index contributed by atoms with van der Waals surface area (Å²) < 4.78 is 44.2. The van der Waals surface area contributed by atoms with Crippen LogP contribution < -0.4 is 4.90 Å². The lowest BCUT2D eigenvalue weighted by molar-refractivity contribution is -0.137. The van der Waals surface area contributed by atoms with Gasteiger partial charge in [0.15, 0.2) is 0 Å². The summed E-state index contributed by atoms with van der Waals surface area (Å²) in [5.74, 6) is 0. The van der Waals surface area contributed by atoms with Gasteiger partial charge in [-0.1, -0.05) is 30.3 Å². The molecule has 8 heteroatoms. The monoisotopic (exact) mass is 461 g/mol. The maximum absolute atomic E-state index is 12.8. The second kappa shape index (κ2) is 10.0. The second-order valence-electron chi connectivity index (χ2n) is 8.88. The summed E-state index contributed by atoms with van der Waals surface area (Å²) in [6.45, 7) is 6.22. The zero-order valence-corrected chi connectivity index (χ0v) is 18.8. The molecule has 0 unspecified atom stereocenters. The number of carbonyl (C=O) groups excluding carboxylic acids is 1. The fourth-order valence-electron chi connectivity index (χ4n) is 4.56. The second-order valence-corrected chi connectivity index (χ2v) is 8.88. The number of hydrogen-bond acceptors (Lipinski definition) is 4. The third-order valence-electron chi connectivity index (χ3n) is 6.47. The molecule has 2 fully saturated rings. The van der Waals surface area contributed by atoms with Crippen LogP contribution in [-0.2, 0) is 17.5 Å². The van der Waals surface area contributed by atoms with Gasteiger partial charge in [0.05, 0.1) is 5.56 Å². The first kappa shape index (κ1) is 23.4. The van der Waals surface area contributed by atoms with Crippen LogP contribution in [0.15, 0.2) is 54.6 Å². The van der Waals surface area contributed by atoms with Gasteiger partial charge >= 0.3 is 12.3 Å². The molecule has 2 aliphatic rings. The van der Waals surface area contributed by atoms with E-state index in [2.05, 4.69) is 17.0 Å². The van der Waals surface area contributed by atoms with Crippen LogP contribution in [0.2, 0.25) is 0 Å². The highest BCUT2D eigenvalue weighted by Gasteiger charge is 2.33. The molecule has 2 aliphatic heterocycles. The molecule has 5 nitrogen and oxygen atoms in total. The molecule has 0 aromatic heterocycles. The predicted molar refractivity (Wildman–Crippen MR) is 121 cm³/mol. The molecule has 0 spiro atoms. The zero-order chi connectivity index (χ0) is 23.4. The smallest absolute Gasteiger partial charge is 0.416 e. The number of likely N-dealkylation sites (tertiary alicyclic amines) is 1. The van der Waals surface area contributed by atoms with Gasteiger partial charge in [0.25, 0.3) is 0 Å². The van der Waals surface area contributed by atoms with Crippen molar-refractivity contribution in [1.29, 1.82) is 0 Å². The van der Waals surface area contributed by atoms with Crippen molar-refractivity contribution in [3.63, 3.8) is 0 Å². The molecular formula is C25H30F3N3O2. The topological polar surface area (TPSA) is 36.0 Å². The highest BCUT2D eigenvalue weighted by atomic mass is 19.4. The Labute approximate surface area is 192 Å². The average Bonchev–Trinajstić information content (AvgIpc) is 2.80. The van der Waals surface area contributed by atoms with E-state index in [-0.39, 0.29) is 18.2 Å². The third kappa shape index (κ3) is 5.99. The SMILES string of the molecule is C[C@@H]1CN(c2ccc(C(F)(F)F)cc2)CCN1C(=O)OC1CCN(Cc2ccccc2)CC1. The van der Waals surface area contributed by atoms with E-state index in [9.17, 15) is 18.0 Å². The van der Waals surface area contributed by atoms with Crippen molar-refractivity contribution < 1.29 is 22.7 Å². The highest BCUT2D eigenvalue weighted by Crippen LogP contribution is 2.31. The van der Waals surface area contributed by atoms with E-state index >= 15 is 0 Å². The fourth-order valence-corrected chi connectivity index (χ4v) is 4.56. The van der Waals surface area contributed by atoms with E-state index < -0.39 is 11.7 Å². The van der Waals surface area contributed by atoms with E-state index in [1.165, 1.54) is 17.7 Å². The molecule has 0 radical (unpaired) electrons. The maximum atomic E-state index is 12.8. The summed E-state index contributed by atoms with van der Waals surface area (Å²) in [4.78, 5) is 18.9. The quantitative estimate of drug-likeness (QED) is 0.641. The standard InChI is InChI=1S/C25H30F3N3O2/c1-19-17-30(22-9-7-21(8-10-22)25(26,27)28)15-16-31(19)24(32)33-23-11-13-29(14-12-23)18-20-5-3-2-4-6-20/h2-10,19,23H,11-18H2,1H3/t19-/m1/s1. The Morgan fingerprint density at radius 3 is 2.24 bits per heavy atom. The van der Waals surface area contributed by atoms with Gasteiger partial charge in [-0.05, 0) is 49.6 Å². The largest absolute Gasteiger partial charge is 0.446 e. The average molecular weight is 462 g/mol. The number of piperazine rings is 1. The van der Waals surface area contributed by atoms with Gasteiger partial charge in [-0.15, -0.1) is 0 Å². The number of benzene rings is 2. The van der Waals surface area contributed by atoms with Crippen molar-refractivity contribution in [2.75, 3.05) is 37.6 Å². The number of amides is 1. The van der Waals surface area contributed by atoms with E-state index in [0.717, 1.165) is 50.3 Å². The van der Waals surface area contributed by atoms with Crippen LogP contribution in [0, 0.1) is 0 Å². The van der Waals surface area contributed by atoms with Gasteiger partial charge in [0, 0.05) is 51.0 Å². The van der Waals surface area contributed by atoms with Gasteiger partial charge in [0.2, 0.25) is 0 Å². The first-order valence-corrected chi connectivity index (χ1v) is 11.5. The van der Waals surface area contributed by atoms with Crippen molar-refractivity contribution >= 4 is 11.8 Å². The molecule has 33 heavy (non-hydrogen) atoms. The lowest BCUT2D eigenvalue weighted by Gasteiger charge is -2.41. The van der Waals surface area contributed by atoms with Crippen LogP contribution in [0.4, 0.5) is 23.7 Å². The van der Waals surface area contributed by atoms with Crippen LogP contribution in [0.3, 0.4) is 0 Å². The molecule has 4 rings (SSSR count). The molecule has 2 aromatic carbocycles. The molecule has 0 bridgehead atoms. The molecule has 0 saturated carbocycles. The molecule has 0 aliphatic carbocycles. The fraction of sp³-hybridized carbons (Fsp3) is 0.480. The molecule has 1 atom stereocenters. The van der Waals surface area contributed by atoms with Crippen LogP contribution >= 0.6 is 0 Å². The Kier molecular flexibility index (Phi) is 7.12. The summed E-state index contributed by atoms with van der Waals surface area (Å²) in [5, 5.41) is 0. The maximum Gasteiger partial charge on any atom is 0.416 e. The number of halogens is 3. The Hall–Kier alpha value is -2.74. The number of anilines is 1. The minimum atomic E-state index is -4.34. The van der Waals surface area contributed by atoms with Crippen molar-refractivity contribution in [1.82, 2.24) is 9.80 Å². The van der Waals surface area contributed by atoms with Crippen LogP contribution in [0.1, 0.15) is 30.9 Å². The number of carbonyl (C=O) groups is 1. The predicted octanol–water partition coefficient (Wildman–Crippen LogP) is 5.02. The zero-order valence-electron chi connectivity index (χ0n) is 18.8. The van der Waals surface area contributed by atoms with Crippen LogP contribution in [0.5, 0.6) is 0 Å². The molecule has 2 saturated heterocycles. The van der Waals surface area contributed by atoms with Gasteiger partial charge in [-0.3, -0.25) is 4.90 Å². The molecule has 178 valence electrons. The number of rotatable bonds is 4. The van der Waals surface area contributed by atoms with Crippen molar-refractivity contribution in [3.8, 4) is 0 Å². The summed E-state index contributed by atoms with van der Waals surface area (Å²) in [6.07, 6.45) is -3.08. The van der Waals surface area contributed by atoms with Crippen molar-refractivity contribution in [2.45, 2.75) is 44.6 Å². The molecule has 2 aromatic rings. The number of alkyl halides is 3. The number of nitrogens with zero attached hydrogens (tertiary/aromatic N) is 3. The van der Waals surface area contributed by atoms with Gasteiger partial charge < -0.3 is 14.5 Å². The van der Waals surface area contributed by atoms with Gasteiger partial charge in [0.1, 0.15) is 6.10 Å². The summed E-state index contributed by atoms with van der Waals surface area (Å²) >= 11 is 0. The Morgan fingerprint density at radius 2 is 1.64 bits per heavy atom. The Bertz CT molecular complexity index is 913. The third-order valence-corrected chi connectivity index (χ3v) is 6.47. The number of ether oxygens (including phenoxy) is 1. The minimum Gasteiger partial charge on any atom is -0.446 e. The molecule has 1 amide bonds. The van der Waals surface area contributed by atoms with Crippen molar-refractivity contribution in [2.24, 2.45) is 0 Å². The number of piperidine rings is 1. The normalized spacial score (nSPS) is 20.7. The van der Waals surface area contributed by atoms with Crippen molar-refractivity contribution in [3.05, 3.63) is 65.7 Å². The molecule has 0 N–H and O–H groups in total. The Balaban J connectivity index is 1.24. The van der Waals surface area contributed by atoms with Crippen LogP contribution in [-0.4, -0.2) is 60.8 Å². The van der Waals surface area contributed by atoms with E-state index in [1.54, 1.807) is 4.90 Å². The summed E-state index contributed by atoms with van der Waals surface area (Å²) in [5.41, 5.74) is 1.36. The Morgan fingerprint density at radius 1 is 0.970 bits per heavy atom. The number of hydrogen-bond donors (Lipinski definition) is 0. The molecular weight excluding hydrogens is 431 g/mol. The highest BCUT2D eigenvalue weighted by molar-refractivity contribution is 5.69. The minimum absolute atomic E-state index is 0.0790. The molecule has 2 heterocycles. The van der Waals surface area contributed by atoms with Gasteiger partial charge in [-0.25, -0.2) is 4.79 Å². The summed E-state index contributed by atoms with van der Waals surface area (Å²) in [6, 6.07) is 15.4. The van der Waals surface area contributed by atoms with Gasteiger partial charge in [-0.2, -0.15) is 13.2 Å². The first-order valence-electron chi connectivity index (χ1n) is 11.5. The lowest BCUT2D eigenvalue weighted by Crippen LogP contribution is -2.55. The van der Waals surface area contributed by atoms with E-state index in [1.807, 2.05) is 30.0 Å². The summed E-state index contributed by atoms with van der Waals surface area (Å²) in [7, 11) is 0. The lowest BCUT2D eigenvalue weighted by atomic mass is 10.1. The van der Waals surface area contributed by atoms with E-state index in [0.29, 0.717) is 19.6 Å². The van der Waals surface area contributed by atoms with Crippen LogP contribution in [0.25, 0.3) is 0 Å².